The van der Waals surface area contributed by atoms with E-state index in [4.69, 9.17) is 16.3 Å². The Morgan fingerprint density at radius 1 is 1.30 bits per heavy atom. The topological polar surface area (TPSA) is 32.7 Å². The molecule has 3 aliphatic heterocycles. The van der Waals surface area contributed by atoms with Gasteiger partial charge in [0, 0.05) is 36.0 Å². The predicted octanol–water partition coefficient (Wildman–Crippen LogP) is 3.15. The average molecular weight is 294 g/mol. The molecule has 0 saturated carbocycles. The van der Waals surface area contributed by atoms with Gasteiger partial charge in [0.05, 0.1) is 6.10 Å². The van der Waals surface area contributed by atoms with Gasteiger partial charge in [-0.15, -0.1) is 0 Å². The van der Waals surface area contributed by atoms with Gasteiger partial charge in [-0.25, -0.2) is 0 Å². The summed E-state index contributed by atoms with van der Waals surface area (Å²) < 4.78 is 6.35. The minimum absolute atomic E-state index is 0.175. The maximum absolute atomic E-state index is 10.5. The largest absolute Gasteiger partial charge is 0.487 e. The number of halogens is 1. The van der Waals surface area contributed by atoms with Crippen molar-refractivity contribution in [1.82, 2.24) is 4.90 Å². The molecule has 20 heavy (non-hydrogen) atoms. The summed E-state index contributed by atoms with van der Waals surface area (Å²) in [5.41, 5.74) is 0.670. The molecule has 1 aromatic carbocycles. The quantitative estimate of drug-likeness (QED) is 0.797. The van der Waals surface area contributed by atoms with Gasteiger partial charge in [0.2, 0.25) is 0 Å². The molecule has 3 aliphatic rings. The van der Waals surface area contributed by atoms with E-state index in [0.29, 0.717) is 17.5 Å². The van der Waals surface area contributed by atoms with Crippen molar-refractivity contribution in [3.63, 3.8) is 0 Å². The lowest BCUT2D eigenvalue weighted by Crippen LogP contribution is -2.52. The number of piperidine rings is 1. The van der Waals surface area contributed by atoms with Crippen LogP contribution in [0, 0.1) is 0 Å². The van der Waals surface area contributed by atoms with Crippen LogP contribution in [-0.2, 0) is 0 Å². The lowest BCUT2D eigenvalue weighted by molar-refractivity contribution is -0.0645. The summed E-state index contributed by atoms with van der Waals surface area (Å²) in [6, 6.07) is 6.23. The summed E-state index contributed by atoms with van der Waals surface area (Å²) in [7, 11) is 0. The first-order valence-electron chi connectivity index (χ1n) is 7.56. The Hall–Kier alpha value is -0.770. The number of ether oxygens (including phenoxy) is 1. The van der Waals surface area contributed by atoms with Crippen LogP contribution >= 0.6 is 11.6 Å². The van der Waals surface area contributed by atoms with Gasteiger partial charge in [-0.1, -0.05) is 11.6 Å². The number of fused-ring (bicyclic) bond motifs is 2. The molecule has 0 amide bonds. The molecule has 1 spiro atoms. The van der Waals surface area contributed by atoms with Gasteiger partial charge in [0.15, 0.2) is 0 Å². The minimum Gasteiger partial charge on any atom is -0.487 e. The summed E-state index contributed by atoms with van der Waals surface area (Å²) in [5.74, 6) is 0.819. The molecule has 108 valence electrons. The van der Waals surface area contributed by atoms with E-state index >= 15 is 0 Å². The van der Waals surface area contributed by atoms with Crippen molar-refractivity contribution in [3.8, 4) is 5.75 Å². The Labute approximate surface area is 124 Å². The SMILES string of the molecule is OC1CC2(CCN3CCCC3C2)Oc2ccc(Cl)cc21. The van der Waals surface area contributed by atoms with Crippen molar-refractivity contribution in [3.05, 3.63) is 28.8 Å². The summed E-state index contributed by atoms with van der Waals surface area (Å²) >= 11 is 6.02. The molecule has 4 heteroatoms. The average Bonchev–Trinajstić information content (AvgIpc) is 2.87. The molecule has 3 unspecified atom stereocenters. The van der Waals surface area contributed by atoms with Gasteiger partial charge in [0.25, 0.3) is 0 Å². The highest BCUT2D eigenvalue weighted by molar-refractivity contribution is 6.30. The van der Waals surface area contributed by atoms with Gasteiger partial charge in [-0.05, 0) is 44.0 Å². The number of nitrogens with zero attached hydrogens (tertiary/aromatic N) is 1. The first-order valence-corrected chi connectivity index (χ1v) is 7.94. The Balaban J connectivity index is 1.63. The first kappa shape index (κ1) is 12.9. The van der Waals surface area contributed by atoms with E-state index in [1.54, 1.807) is 0 Å². The van der Waals surface area contributed by atoms with Crippen LogP contribution in [0.2, 0.25) is 5.02 Å². The zero-order valence-corrected chi connectivity index (χ0v) is 12.3. The van der Waals surface area contributed by atoms with E-state index in [2.05, 4.69) is 4.90 Å². The standard InChI is InChI=1S/C16H20ClNO2/c17-11-3-4-15-13(8-11)14(19)10-16(20-15)5-7-18-6-1-2-12(18)9-16/h3-4,8,12,14,19H,1-2,5-7,9-10H2. The van der Waals surface area contributed by atoms with E-state index in [-0.39, 0.29) is 5.60 Å². The molecule has 3 nitrogen and oxygen atoms in total. The highest BCUT2D eigenvalue weighted by Gasteiger charge is 2.47. The zero-order valence-electron chi connectivity index (χ0n) is 11.5. The van der Waals surface area contributed by atoms with Gasteiger partial charge >= 0.3 is 0 Å². The molecule has 0 aromatic heterocycles. The Bertz CT molecular complexity index is 535. The van der Waals surface area contributed by atoms with Crippen molar-refractivity contribution < 1.29 is 9.84 Å². The monoisotopic (exact) mass is 293 g/mol. The normalized spacial score (nSPS) is 36.5. The number of aliphatic hydroxyl groups excluding tert-OH is 1. The summed E-state index contributed by atoms with van der Waals surface area (Å²) in [6.07, 6.45) is 4.88. The molecular formula is C16H20ClNO2. The molecule has 0 aliphatic carbocycles. The van der Waals surface area contributed by atoms with Gasteiger partial charge < -0.3 is 14.7 Å². The van der Waals surface area contributed by atoms with E-state index in [1.165, 1.54) is 19.4 Å². The first-order chi connectivity index (χ1) is 9.65. The van der Waals surface area contributed by atoms with Gasteiger partial charge in [0.1, 0.15) is 11.4 Å². The second kappa shape index (κ2) is 4.62. The molecule has 1 aromatic rings. The zero-order chi connectivity index (χ0) is 13.7. The molecule has 3 heterocycles. The molecule has 0 bridgehead atoms. The number of hydrogen-bond acceptors (Lipinski definition) is 3. The summed E-state index contributed by atoms with van der Waals surface area (Å²) in [5, 5.41) is 11.2. The third-order valence-electron chi connectivity index (χ3n) is 5.18. The Morgan fingerprint density at radius 2 is 2.20 bits per heavy atom. The van der Waals surface area contributed by atoms with Crippen LogP contribution in [-0.4, -0.2) is 34.7 Å². The second-order valence-electron chi connectivity index (χ2n) is 6.47. The van der Waals surface area contributed by atoms with E-state index in [9.17, 15) is 5.11 Å². The molecule has 2 fully saturated rings. The fourth-order valence-electron chi connectivity index (χ4n) is 4.19. The van der Waals surface area contributed by atoms with Crippen molar-refractivity contribution in [2.75, 3.05) is 13.1 Å². The lowest BCUT2D eigenvalue weighted by Gasteiger charge is -2.47. The van der Waals surface area contributed by atoms with Crippen LogP contribution in [0.4, 0.5) is 0 Å². The minimum atomic E-state index is -0.453. The van der Waals surface area contributed by atoms with Gasteiger partial charge in [-0.2, -0.15) is 0 Å². The predicted molar refractivity (Wildman–Crippen MR) is 78.2 cm³/mol. The van der Waals surface area contributed by atoms with E-state index in [1.807, 2.05) is 18.2 Å². The van der Waals surface area contributed by atoms with Crippen molar-refractivity contribution in [1.29, 1.82) is 0 Å². The molecule has 3 atom stereocenters. The second-order valence-corrected chi connectivity index (χ2v) is 6.91. The van der Waals surface area contributed by atoms with E-state index in [0.717, 1.165) is 30.7 Å². The fourth-order valence-corrected chi connectivity index (χ4v) is 4.37. The molecular weight excluding hydrogens is 274 g/mol. The van der Waals surface area contributed by atoms with Crippen LogP contribution in [0.3, 0.4) is 0 Å². The van der Waals surface area contributed by atoms with Crippen molar-refractivity contribution >= 4 is 11.6 Å². The highest BCUT2D eigenvalue weighted by Crippen LogP contribution is 2.47. The smallest absolute Gasteiger partial charge is 0.126 e. The molecule has 1 N–H and O–H groups in total. The summed E-state index contributed by atoms with van der Waals surface area (Å²) in [6.45, 7) is 2.33. The number of rotatable bonds is 0. The Morgan fingerprint density at radius 3 is 3.10 bits per heavy atom. The number of hydrogen-bond donors (Lipinski definition) is 1. The lowest BCUT2D eigenvalue weighted by atomic mass is 9.79. The van der Waals surface area contributed by atoms with Crippen LogP contribution in [0.1, 0.15) is 43.8 Å². The molecule has 2 saturated heterocycles. The maximum Gasteiger partial charge on any atom is 0.126 e. The fraction of sp³-hybridized carbons (Fsp3) is 0.625. The van der Waals surface area contributed by atoms with Crippen LogP contribution in [0.15, 0.2) is 18.2 Å². The van der Waals surface area contributed by atoms with Crippen molar-refractivity contribution in [2.24, 2.45) is 0 Å². The van der Waals surface area contributed by atoms with Gasteiger partial charge in [-0.3, -0.25) is 0 Å². The van der Waals surface area contributed by atoms with Crippen LogP contribution in [0.25, 0.3) is 0 Å². The number of aliphatic hydroxyl groups is 1. The molecule has 4 rings (SSSR count). The Kier molecular flexibility index (Phi) is 2.99. The van der Waals surface area contributed by atoms with Crippen LogP contribution < -0.4 is 4.74 Å². The summed E-state index contributed by atoms with van der Waals surface area (Å²) in [4.78, 5) is 2.58. The number of benzene rings is 1. The molecule has 0 radical (unpaired) electrons. The third-order valence-corrected chi connectivity index (χ3v) is 5.42. The van der Waals surface area contributed by atoms with E-state index < -0.39 is 6.10 Å². The van der Waals surface area contributed by atoms with Crippen LogP contribution in [0.5, 0.6) is 5.75 Å². The van der Waals surface area contributed by atoms with Crippen molar-refractivity contribution in [2.45, 2.75) is 49.9 Å². The third kappa shape index (κ3) is 2.03. The maximum atomic E-state index is 10.5. The highest BCUT2D eigenvalue weighted by atomic mass is 35.5.